The highest BCUT2D eigenvalue weighted by Gasteiger charge is 2.23. The van der Waals surface area contributed by atoms with Crippen molar-refractivity contribution in [3.63, 3.8) is 0 Å². The molecule has 0 bridgehead atoms. The van der Waals surface area contributed by atoms with Crippen LogP contribution in [0.2, 0.25) is 0 Å². The van der Waals surface area contributed by atoms with Gasteiger partial charge in [-0.1, -0.05) is 6.07 Å². The lowest BCUT2D eigenvalue weighted by molar-refractivity contribution is -0.140. The number of carboxylic acid groups (broad SMARTS) is 1. The first-order chi connectivity index (χ1) is 8.81. The maximum atomic E-state index is 13.5. The Morgan fingerprint density at radius 2 is 2.05 bits per heavy atom. The molecule has 0 fully saturated rings. The van der Waals surface area contributed by atoms with E-state index >= 15 is 0 Å². The molecule has 102 valence electrons. The molecule has 0 aliphatic carbocycles. The van der Waals surface area contributed by atoms with Gasteiger partial charge in [-0.25, -0.2) is 9.18 Å². The second-order valence-corrected chi connectivity index (χ2v) is 4.02. The monoisotopic (exact) mass is 268 g/mol. The van der Waals surface area contributed by atoms with Crippen LogP contribution in [-0.2, 0) is 9.59 Å². The maximum Gasteiger partial charge on any atom is 0.326 e. The summed E-state index contributed by atoms with van der Waals surface area (Å²) in [5.74, 6) is -3.97. The number of benzene rings is 1. The number of primary amides is 1. The first-order valence-corrected chi connectivity index (χ1v) is 5.39. The zero-order valence-corrected chi connectivity index (χ0v) is 10.1. The average Bonchev–Trinajstić information content (AvgIpc) is 2.26. The van der Waals surface area contributed by atoms with Crippen LogP contribution in [0, 0.1) is 12.7 Å². The number of aliphatic carboxylic acids is 1. The van der Waals surface area contributed by atoms with Crippen molar-refractivity contribution in [3.05, 3.63) is 35.1 Å². The molecule has 1 aromatic carbocycles. The summed E-state index contributed by atoms with van der Waals surface area (Å²) < 4.78 is 13.5. The van der Waals surface area contributed by atoms with Crippen molar-refractivity contribution in [2.24, 2.45) is 5.73 Å². The number of nitrogens with two attached hydrogens (primary N) is 1. The third-order valence-corrected chi connectivity index (χ3v) is 2.38. The highest BCUT2D eigenvalue weighted by molar-refractivity contribution is 5.97. The molecule has 0 spiro atoms. The number of halogens is 1. The number of amides is 2. The van der Waals surface area contributed by atoms with Gasteiger partial charge in [0, 0.05) is 0 Å². The number of rotatable bonds is 5. The molecule has 0 aliphatic heterocycles. The summed E-state index contributed by atoms with van der Waals surface area (Å²) in [5, 5.41) is 10.9. The maximum absolute atomic E-state index is 13.5. The van der Waals surface area contributed by atoms with E-state index < -0.39 is 36.1 Å². The van der Waals surface area contributed by atoms with Crippen LogP contribution in [0.25, 0.3) is 0 Å². The molecule has 1 atom stereocenters. The third kappa shape index (κ3) is 4.06. The quantitative estimate of drug-likeness (QED) is 0.708. The molecule has 0 saturated heterocycles. The van der Waals surface area contributed by atoms with Gasteiger partial charge in [0.1, 0.15) is 11.9 Å². The molecule has 0 radical (unpaired) electrons. The van der Waals surface area contributed by atoms with Gasteiger partial charge < -0.3 is 16.2 Å². The van der Waals surface area contributed by atoms with Crippen LogP contribution in [0.1, 0.15) is 22.3 Å². The SMILES string of the molecule is Cc1ccc(C(=O)NC(CC(N)=O)C(=O)O)c(F)c1. The number of carbonyl (C=O) groups excluding carboxylic acids is 2. The standard InChI is InChI=1S/C12H13FN2O4/c1-6-2-3-7(8(13)4-6)11(17)15-9(12(18)19)5-10(14)16/h2-4,9H,5H2,1H3,(H2,14,16)(H,15,17)(H,18,19). The smallest absolute Gasteiger partial charge is 0.326 e. The van der Waals surface area contributed by atoms with Gasteiger partial charge in [-0.2, -0.15) is 0 Å². The van der Waals surface area contributed by atoms with Gasteiger partial charge in [0.05, 0.1) is 12.0 Å². The van der Waals surface area contributed by atoms with Gasteiger partial charge in [-0.3, -0.25) is 9.59 Å². The molecular weight excluding hydrogens is 255 g/mol. The van der Waals surface area contributed by atoms with Gasteiger partial charge >= 0.3 is 5.97 Å². The molecule has 0 aromatic heterocycles. The number of carboxylic acids is 1. The van der Waals surface area contributed by atoms with E-state index in [1.165, 1.54) is 12.1 Å². The van der Waals surface area contributed by atoms with Crippen LogP contribution in [0.15, 0.2) is 18.2 Å². The second kappa shape index (κ2) is 5.94. The van der Waals surface area contributed by atoms with Crippen molar-refractivity contribution in [2.75, 3.05) is 0 Å². The van der Waals surface area contributed by atoms with Crippen molar-refractivity contribution in [2.45, 2.75) is 19.4 Å². The Balaban J connectivity index is 2.87. The number of hydrogen-bond donors (Lipinski definition) is 3. The fraction of sp³-hybridized carbons (Fsp3) is 0.250. The van der Waals surface area contributed by atoms with Crippen molar-refractivity contribution in [1.29, 1.82) is 0 Å². The predicted octanol–water partition coefficient (Wildman–Crippen LogP) is 0.193. The third-order valence-electron chi connectivity index (χ3n) is 2.38. The Morgan fingerprint density at radius 1 is 1.42 bits per heavy atom. The molecule has 0 saturated carbocycles. The molecule has 0 heterocycles. The van der Waals surface area contributed by atoms with Crippen LogP contribution in [0.4, 0.5) is 4.39 Å². The molecule has 2 amide bonds. The van der Waals surface area contributed by atoms with Crippen molar-refractivity contribution >= 4 is 17.8 Å². The summed E-state index contributed by atoms with van der Waals surface area (Å²) in [6, 6.07) is 2.43. The van der Waals surface area contributed by atoms with Gasteiger partial charge in [-0.05, 0) is 24.6 Å². The lowest BCUT2D eigenvalue weighted by Crippen LogP contribution is -2.43. The predicted molar refractivity (Wildman–Crippen MR) is 63.8 cm³/mol. The average molecular weight is 268 g/mol. The van der Waals surface area contributed by atoms with E-state index in [0.717, 1.165) is 6.07 Å². The van der Waals surface area contributed by atoms with E-state index in [-0.39, 0.29) is 5.56 Å². The molecule has 6 nitrogen and oxygen atoms in total. The van der Waals surface area contributed by atoms with Crippen molar-refractivity contribution in [1.82, 2.24) is 5.32 Å². The molecule has 4 N–H and O–H groups in total. The lowest BCUT2D eigenvalue weighted by atomic mass is 10.1. The minimum atomic E-state index is -1.48. The molecule has 0 aliphatic rings. The minimum Gasteiger partial charge on any atom is -0.480 e. The topological polar surface area (TPSA) is 109 Å². The Hall–Kier alpha value is -2.44. The summed E-state index contributed by atoms with van der Waals surface area (Å²) in [4.78, 5) is 33.2. The molecular formula is C12H13FN2O4. The van der Waals surface area contributed by atoms with Crippen LogP contribution < -0.4 is 11.1 Å². The summed E-state index contributed by atoms with van der Waals surface area (Å²) in [6.45, 7) is 1.65. The molecule has 1 unspecified atom stereocenters. The highest BCUT2D eigenvalue weighted by Crippen LogP contribution is 2.10. The minimum absolute atomic E-state index is 0.290. The van der Waals surface area contributed by atoms with Gasteiger partial charge in [0.15, 0.2) is 0 Å². The van der Waals surface area contributed by atoms with E-state index in [4.69, 9.17) is 10.8 Å². The Bertz CT molecular complexity index is 530. The van der Waals surface area contributed by atoms with Crippen LogP contribution in [0.5, 0.6) is 0 Å². The normalized spacial score (nSPS) is 11.7. The van der Waals surface area contributed by atoms with E-state index in [2.05, 4.69) is 0 Å². The first kappa shape index (κ1) is 14.6. The number of nitrogens with one attached hydrogen (secondary N) is 1. The van der Waals surface area contributed by atoms with E-state index in [9.17, 15) is 18.8 Å². The summed E-state index contributed by atoms with van der Waals surface area (Å²) in [5.41, 5.74) is 5.20. The number of hydrogen-bond acceptors (Lipinski definition) is 3. The van der Waals surface area contributed by atoms with Gasteiger partial charge in [0.2, 0.25) is 5.91 Å². The Kier molecular flexibility index (Phi) is 4.57. The fourth-order valence-electron chi connectivity index (χ4n) is 1.44. The lowest BCUT2D eigenvalue weighted by Gasteiger charge is -2.13. The van der Waals surface area contributed by atoms with Crippen molar-refractivity contribution < 1.29 is 23.9 Å². The highest BCUT2D eigenvalue weighted by atomic mass is 19.1. The second-order valence-electron chi connectivity index (χ2n) is 4.02. The van der Waals surface area contributed by atoms with Crippen LogP contribution >= 0.6 is 0 Å². The molecule has 1 rings (SSSR count). The molecule has 7 heteroatoms. The summed E-state index contributed by atoms with van der Waals surface area (Å²) in [6.07, 6.45) is -0.561. The van der Waals surface area contributed by atoms with E-state index in [0.29, 0.717) is 5.56 Å². The summed E-state index contributed by atoms with van der Waals surface area (Å²) in [7, 11) is 0. The van der Waals surface area contributed by atoms with Gasteiger partial charge in [-0.15, -0.1) is 0 Å². The zero-order valence-electron chi connectivity index (χ0n) is 10.1. The van der Waals surface area contributed by atoms with Gasteiger partial charge in [0.25, 0.3) is 5.91 Å². The largest absolute Gasteiger partial charge is 0.480 e. The van der Waals surface area contributed by atoms with Crippen LogP contribution in [-0.4, -0.2) is 28.9 Å². The fourth-order valence-corrected chi connectivity index (χ4v) is 1.44. The van der Waals surface area contributed by atoms with Crippen molar-refractivity contribution in [3.8, 4) is 0 Å². The van der Waals surface area contributed by atoms with E-state index in [1.807, 2.05) is 5.32 Å². The molecule has 19 heavy (non-hydrogen) atoms. The Labute approximate surface area is 108 Å². The molecule has 1 aromatic rings. The first-order valence-electron chi connectivity index (χ1n) is 5.39. The van der Waals surface area contributed by atoms with E-state index in [1.54, 1.807) is 6.92 Å². The van der Waals surface area contributed by atoms with Crippen LogP contribution in [0.3, 0.4) is 0 Å². The Morgan fingerprint density at radius 3 is 2.53 bits per heavy atom. The summed E-state index contributed by atoms with van der Waals surface area (Å²) >= 11 is 0. The number of carbonyl (C=O) groups is 3. The zero-order chi connectivity index (χ0) is 14.6. The number of aryl methyl sites for hydroxylation is 1.